The first-order chi connectivity index (χ1) is 12.2. The first kappa shape index (κ1) is 16.8. The molecule has 0 radical (unpaired) electrons. The third kappa shape index (κ3) is 3.82. The molecule has 134 valence electrons. The molecule has 1 amide bonds. The van der Waals surface area contributed by atoms with Gasteiger partial charge >= 0.3 is 0 Å². The Bertz CT molecular complexity index is 631. The van der Waals surface area contributed by atoms with Gasteiger partial charge in [0, 0.05) is 25.6 Å². The van der Waals surface area contributed by atoms with Crippen LogP contribution in [0.2, 0.25) is 0 Å². The van der Waals surface area contributed by atoms with Gasteiger partial charge in [-0.15, -0.1) is 0 Å². The fraction of sp³-hybridized carbons (Fsp3) is 0.591. The fourth-order valence-corrected chi connectivity index (χ4v) is 4.55. The third-order valence-corrected chi connectivity index (χ3v) is 6.57. The predicted molar refractivity (Wildman–Crippen MR) is 102 cm³/mol. The number of carbonyl (C=O) groups excluding carboxylic acids is 1. The minimum Gasteiger partial charge on any atom is -0.342 e. The standard InChI is InChI=1S/C22H30N2O/c1-2-18-4-3-5-19(16-18)17-23-12-8-22(9-13-23)10-14-24(15-11-22)21(25)20-6-7-20/h2-5,16,20H,1,6-15,17H2. The molecule has 3 aliphatic rings. The van der Waals surface area contributed by atoms with Crippen molar-refractivity contribution < 1.29 is 4.79 Å². The molecule has 0 bridgehead atoms. The smallest absolute Gasteiger partial charge is 0.225 e. The average Bonchev–Trinajstić information content (AvgIpc) is 3.49. The van der Waals surface area contributed by atoms with Crippen molar-refractivity contribution in [2.24, 2.45) is 11.3 Å². The molecule has 2 aliphatic heterocycles. The topological polar surface area (TPSA) is 23.6 Å². The van der Waals surface area contributed by atoms with Gasteiger partial charge in [0.1, 0.15) is 0 Å². The van der Waals surface area contributed by atoms with E-state index in [1.165, 1.54) is 49.9 Å². The summed E-state index contributed by atoms with van der Waals surface area (Å²) in [6, 6.07) is 8.71. The van der Waals surface area contributed by atoms with E-state index >= 15 is 0 Å². The number of piperidine rings is 2. The van der Waals surface area contributed by atoms with Crippen LogP contribution in [0.1, 0.15) is 49.7 Å². The van der Waals surface area contributed by atoms with Crippen molar-refractivity contribution in [2.45, 2.75) is 45.1 Å². The van der Waals surface area contributed by atoms with Crippen molar-refractivity contribution in [3.05, 3.63) is 42.0 Å². The molecule has 1 aliphatic carbocycles. The number of hydrogen-bond donors (Lipinski definition) is 0. The second-order valence-electron chi connectivity index (χ2n) is 8.32. The van der Waals surface area contributed by atoms with Crippen LogP contribution in [0.5, 0.6) is 0 Å². The van der Waals surface area contributed by atoms with Gasteiger partial charge in [-0.1, -0.05) is 36.9 Å². The third-order valence-electron chi connectivity index (χ3n) is 6.57. The monoisotopic (exact) mass is 338 g/mol. The maximum absolute atomic E-state index is 12.2. The van der Waals surface area contributed by atoms with Crippen molar-refractivity contribution >= 4 is 12.0 Å². The summed E-state index contributed by atoms with van der Waals surface area (Å²) in [5.41, 5.74) is 3.09. The summed E-state index contributed by atoms with van der Waals surface area (Å²) in [4.78, 5) is 17.0. The highest BCUT2D eigenvalue weighted by molar-refractivity contribution is 5.81. The summed E-state index contributed by atoms with van der Waals surface area (Å²) < 4.78 is 0. The van der Waals surface area contributed by atoms with Crippen LogP contribution in [0.25, 0.3) is 6.08 Å². The van der Waals surface area contributed by atoms with Crippen molar-refractivity contribution in [3.63, 3.8) is 0 Å². The first-order valence-corrected chi connectivity index (χ1v) is 9.90. The van der Waals surface area contributed by atoms with Crippen LogP contribution in [0.15, 0.2) is 30.8 Å². The lowest BCUT2D eigenvalue weighted by Crippen LogP contribution is -2.48. The van der Waals surface area contributed by atoms with Gasteiger partial charge in [0.2, 0.25) is 5.91 Å². The van der Waals surface area contributed by atoms with Gasteiger partial charge in [0.05, 0.1) is 0 Å². The summed E-state index contributed by atoms with van der Waals surface area (Å²) in [5, 5.41) is 0. The maximum atomic E-state index is 12.2. The zero-order valence-electron chi connectivity index (χ0n) is 15.3. The molecule has 4 rings (SSSR count). The van der Waals surface area contributed by atoms with Gasteiger partial charge in [0.25, 0.3) is 0 Å². The van der Waals surface area contributed by atoms with Crippen LogP contribution >= 0.6 is 0 Å². The Morgan fingerprint density at radius 2 is 1.80 bits per heavy atom. The molecule has 3 nitrogen and oxygen atoms in total. The Morgan fingerprint density at radius 1 is 1.12 bits per heavy atom. The van der Waals surface area contributed by atoms with E-state index < -0.39 is 0 Å². The lowest BCUT2D eigenvalue weighted by molar-refractivity contribution is -0.135. The van der Waals surface area contributed by atoms with E-state index in [9.17, 15) is 4.79 Å². The van der Waals surface area contributed by atoms with Crippen LogP contribution in [0.3, 0.4) is 0 Å². The van der Waals surface area contributed by atoms with Gasteiger partial charge in [-0.3, -0.25) is 9.69 Å². The van der Waals surface area contributed by atoms with E-state index in [4.69, 9.17) is 0 Å². The Kier molecular flexibility index (Phi) is 4.68. The summed E-state index contributed by atoms with van der Waals surface area (Å²) in [6.07, 6.45) is 9.19. The second kappa shape index (κ2) is 6.95. The molecule has 2 saturated heterocycles. The molecule has 2 heterocycles. The van der Waals surface area contributed by atoms with Crippen LogP contribution in [0, 0.1) is 11.3 Å². The average molecular weight is 338 g/mol. The minimum absolute atomic E-state index is 0.377. The van der Waals surface area contributed by atoms with Crippen molar-refractivity contribution in [1.29, 1.82) is 0 Å². The van der Waals surface area contributed by atoms with Gasteiger partial charge in [-0.05, 0) is 68.2 Å². The van der Waals surface area contributed by atoms with Gasteiger partial charge in [-0.2, -0.15) is 0 Å². The van der Waals surface area contributed by atoms with E-state index in [0.717, 1.165) is 32.5 Å². The van der Waals surface area contributed by atoms with Crippen LogP contribution in [-0.2, 0) is 11.3 Å². The molecule has 25 heavy (non-hydrogen) atoms. The molecule has 0 N–H and O–H groups in total. The van der Waals surface area contributed by atoms with E-state index in [1.54, 1.807) is 0 Å². The van der Waals surface area contributed by atoms with Crippen molar-refractivity contribution in [3.8, 4) is 0 Å². The van der Waals surface area contributed by atoms with Crippen LogP contribution < -0.4 is 0 Å². The largest absolute Gasteiger partial charge is 0.342 e. The van der Waals surface area contributed by atoms with E-state index in [0.29, 0.717) is 17.2 Å². The highest BCUT2D eigenvalue weighted by Gasteiger charge is 2.41. The number of hydrogen-bond acceptors (Lipinski definition) is 2. The zero-order chi connectivity index (χ0) is 17.3. The number of likely N-dealkylation sites (tertiary alicyclic amines) is 2. The summed E-state index contributed by atoms with van der Waals surface area (Å²) in [7, 11) is 0. The first-order valence-electron chi connectivity index (χ1n) is 9.90. The van der Waals surface area contributed by atoms with Crippen molar-refractivity contribution in [1.82, 2.24) is 9.80 Å². The molecular formula is C22H30N2O. The summed E-state index contributed by atoms with van der Waals surface area (Å²) >= 11 is 0. The SMILES string of the molecule is C=Cc1cccc(CN2CCC3(CC2)CCN(C(=O)C2CC2)CC3)c1. The minimum atomic E-state index is 0.377. The lowest BCUT2D eigenvalue weighted by Gasteiger charge is -2.47. The molecule has 1 aromatic rings. The van der Waals surface area contributed by atoms with Gasteiger partial charge in [-0.25, -0.2) is 0 Å². The predicted octanol–water partition coefficient (Wildman–Crippen LogP) is 3.94. The second-order valence-corrected chi connectivity index (χ2v) is 8.32. The highest BCUT2D eigenvalue weighted by Crippen LogP contribution is 2.42. The van der Waals surface area contributed by atoms with E-state index in [2.05, 4.69) is 40.6 Å². The molecule has 0 aromatic heterocycles. The van der Waals surface area contributed by atoms with Gasteiger partial charge in [0.15, 0.2) is 0 Å². The number of benzene rings is 1. The lowest BCUT2D eigenvalue weighted by atomic mass is 9.71. The van der Waals surface area contributed by atoms with E-state index in [-0.39, 0.29) is 0 Å². The number of nitrogens with zero attached hydrogens (tertiary/aromatic N) is 2. The molecule has 3 fully saturated rings. The van der Waals surface area contributed by atoms with E-state index in [1.807, 2.05) is 6.08 Å². The summed E-state index contributed by atoms with van der Waals surface area (Å²) in [6.45, 7) is 9.29. The Morgan fingerprint density at radius 3 is 2.44 bits per heavy atom. The number of amides is 1. The maximum Gasteiger partial charge on any atom is 0.225 e. The normalized spacial score (nSPS) is 23.6. The molecule has 0 atom stereocenters. The zero-order valence-corrected chi connectivity index (χ0v) is 15.3. The molecular weight excluding hydrogens is 308 g/mol. The Labute approximate surface area is 151 Å². The number of carbonyl (C=O) groups is 1. The molecule has 1 spiro atoms. The molecule has 1 saturated carbocycles. The van der Waals surface area contributed by atoms with Crippen molar-refractivity contribution in [2.75, 3.05) is 26.2 Å². The van der Waals surface area contributed by atoms with Crippen LogP contribution in [-0.4, -0.2) is 41.9 Å². The highest BCUT2D eigenvalue weighted by atomic mass is 16.2. The summed E-state index contributed by atoms with van der Waals surface area (Å²) in [5.74, 6) is 0.816. The van der Waals surface area contributed by atoms with Gasteiger partial charge < -0.3 is 4.90 Å². The molecule has 3 heteroatoms. The van der Waals surface area contributed by atoms with Crippen LogP contribution in [0.4, 0.5) is 0 Å². The number of rotatable bonds is 4. The quantitative estimate of drug-likeness (QED) is 0.830. The molecule has 1 aromatic carbocycles. The fourth-order valence-electron chi connectivity index (χ4n) is 4.55. The Hall–Kier alpha value is -1.61. The Balaban J connectivity index is 1.28. The molecule has 0 unspecified atom stereocenters.